The van der Waals surface area contributed by atoms with Crippen LogP contribution in [0.3, 0.4) is 0 Å². The first-order valence-corrected chi connectivity index (χ1v) is 8.75. The maximum absolute atomic E-state index is 12.5. The molecule has 0 saturated carbocycles. The molecule has 2 amide bonds. The Morgan fingerprint density at radius 2 is 1.56 bits per heavy atom. The summed E-state index contributed by atoms with van der Waals surface area (Å²) in [6.45, 7) is 7.45. The van der Waals surface area contributed by atoms with Gasteiger partial charge in [-0.1, -0.05) is 33.6 Å². The highest BCUT2D eigenvalue weighted by molar-refractivity contribution is 5.97. The second-order valence-electron chi connectivity index (χ2n) is 7.62. The molecule has 1 heterocycles. The Morgan fingerprint density at radius 3 is 2.04 bits per heavy atom. The molecule has 1 aromatic rings. The third-order valence-corrected chi connectivity index (χ3v) is 4.51. The summed E-state index contributed by atoms with van der Waals surface area (Å²) in [5, 5.41) is 2.82. The van der Waals surface area contributed by atoms with Gasteiger partial charge in [-0.05, 0) is 42.5 Å². The molecule has 1 fully saturated rings. The van der Waals surface area contributed by atoms with Crippen molar-refractivity contribution in [3.8, 4) is 0 Å². The summed E-state index contributed by atoms with van der Waals surface area (Å²) in [4.78, 5) is 26.6. The Bertz CT molecular complexity index is 573. The van der Waals surface area contributed by atoms with Crippen LogP contribution in [0.2, 0.25) is 0 Å². The summed E-state index contributed by atoms with van der Waals surface area (Å²) >= 11 is 0. The van der Waals surface area contributed by atoms with Gasteiger partial charge in [0, 0.05) is 24.3 Å². The number of amides is 2. The average molecular weight is 368 g/mol. The molecule has 5 nitrogen and oxygen atoms in total. The molecule has 0 aromatic heterocycles. The molecule has 0 spiro atoms. The minimum Gasteiger partial charge on any atom is -0.339 e. The number of benzene rings is 1. The van der Waals surface area contributed by atoms with Crippen LogP contribution >= 0.6 is 12.4 Å². The van der Waals surface area contributed by atoms with Crippen molar-refractivity contribution in [2.24, 2.45) is 11.1 Å². The number of anilines is 1. The van der Waals surface area contributed by atoms with E-state index in [4.69, 9.17) is 5.73 Å². The fourth-order valence-corrected chi connectivity index (χ4v) is 2.77. The van der Waals surface area contributed by atoms with Crippen LogP contribution in [0, 0.1) is 5.41 Å². The zero-order chi connectivity index (χ0) is 17.7. The highest BCUT2D eigenvalue weighted by Gasteiger charge is 2.27. The van der Waals surface area contributed by atoms with E-state index in [1.54, 1.807) is 24.3 Å². The minimum atomic E-state index is -0.587. The smallest absolute Gasteiger partial charge is 0.253 e. The van der Waals surface area contributed by atoms with Gasteiger partial charge < -0.3 is 16.0 Å². The zero-order valence-electron chi connectivity index (χ0n) is 15.4. The normalized spacial score (nSPS) is 16.4. The summed E-state index contributed by atoms with van der Waals surface area (Å²) in [6, 6.07) is 6.48. The van der Waals surface area contributed by atoms with Gasteiger partial charge in [-0.25, -0.2) is 0 Å². The van der Waals surface area contributed by atoms with Crippen molar-refractivity contribution in [3.63, 3.8) is 0 Å². The lowest BCUT2D eigenvalue weighted by atomic mass is 9.87. The van der Waals surface area contributed by atoms with Gasteiger partial charge in [-0.2, -0.15) is 0 Å². The van der Waals surface area contributed by atoms with E-state index in [1.807, 2.05) is 25.7 Å². The van der Waals surface area contributed by atoms with Crippen LogP contribution in [0.5, 0.6) is 0 Å². The lowest BCUT2D eigenvalue weighted by Crippen LogP contribution is -2.45. The first-order valence-electron chi connectivity index (χ1n) is 8.75. The molecule has 25 heavy (non-hydrogen) atoms. The summed E-state index contributed by atoms with van der Waals surface area (Å²) < 4.78 is 0. The molecule has 1 atom stereocenters. The fourth-order valence-electron chi connectivity index (χ4n) is 2.77. The number of halogens is 1. The van der Waals surface area contributed by atoms with Gasteiger partial charge in [0.25, 0.3) is 5.91 Å². The van der Waals surface area contributed by atoms with Crippen molar-refractivity contribution in [2.45, 2.75) is 52.5 Å². The quantitative estimate of drug-likeness (QED) is 0.859. The van der Waals surface area contributed by atoms with E-state index in [2.05, 4.69) is 5.32 Å². The molecule has 1 aromatic carbocycles. The summed E-state index contributed by atoms with van der Waals surface area (Å²) in [5.41, 5.74) is 6.98. The number of nitrogens with one attached hydrogen (secondary N) is 1. The maximum atomic E-state index is 12.5. The molecule has 1 saturated heterocycles. The van der Waals surface area contributed by atoms with Gasteiger partial charge in [-0.15, -0.1) is 12.4 Å². The molecular formula is C19H30ClN3O2. The average Bonchev–Trinajstić information content (AvgIpc) is 2.82. The highest BCUT2D eigenvalue weighted by atomic mass is 35.5. The van der Waals surface area contributed by atoms with Crippen LogP contribution < -0.4 is 11.1 Å². The summed E-state index contributed by atoms with van der Waals surface area (Å²) in [5.74, 6) is -0.143. The molecule has 3 N–H and O–H groups in total. The number of carbonyl (C=O) groups is 2. The van der Waals surface area contributed by atoms with E-state index in [9.17, 15) is 9.59 Å². The van der Waals surface area contributed by atoms with Gasteiger partial charge in [0.2, 0.25) is 5.91 Å². The van der Waals surface area contributed by atoms with Crippen LogP contribution in [-0.4, -0.2) is 35.8 Å². The number of nitrogens with zero attached hydrogens (tertiary/aromatic N) is 1. The Morgan fingerprint density at radius 1 is 1.04 bits per heavy atom. The second kappa shape index (κ2) is 9.20. The molecule has 1 aliphatic heterocycles. The number of hydrogen-bond donors (Lipinski definition) is 2. The first-order chi connectivity index (χ1) is 11.3. The number of rotatable bonds is 3. The summed E-state index contributed by atoms with van der Waals surface area (Å²) in [6.07, 6.45) is 4.54. The van der Waals surface area contributed by atoms with Gasteiger partial charge in [0.15, 0.2) is 0 Å². The summed E-state index contributed by atoms with van der Waals surface area (Å²) in [7, 11) is 0. The van der Waals surface area contributed by atoms with Crippen molar-refractivity contribution < 1.29 is 9.59 Å². The molecule has 0 bridgehead atoms. The van der Waals surface area contributed by atoms with E-state index in [0.29, 0.717) is 11.3 Å². The maximum Gasteiger partial charge on any atom is 0.253 e. The third kappa shape index (κ3) is 6.01. The minimum absolute atomic E-state index is 0. The lowest BCUT2D eigenvalue weighted by Gasteiger charge is -2.25. The Balaban J connectivity index is 0.00000312. The van der Waals surface area contributed by atoms with Gasteiger partial charge in [0.05, 0.1) is 6.04 Å². The van der Waals surface area contributed by atoms with Crippen LogP contribution in [0.1, 0.15) is 56.8 Å². The molecule has 2 rings (SSSR count). The monoisotopic (exact) mass is 367 g/mol. The Hall–Kier alpha value is -1.59. The molecule has 1 aliphatic rings. The topological polar surface area (TPSA) is 75.4 Å². The predicted octanol–water partition coefficient (Wildman–Crippen LogP) is 3.44. The van der Waals surface area contributed by atoms with Crippen LogP contribution in [0.25, 0.3) is 0 Å². The van der Waals surface area contributed by atoms with Crippen molar-refractivity contribution in [3.05, 3.63) is 29.8 Å². The van der Waals surface area contributed by atoms with Crippen LogP contribution in [-0.2, 0) is 4.79 Å². The molecule has 6 heteroatoms. The highest BCUT2D eigenvalue weighted by Crippen LogP contribution is 2.20. The Labute approximate surface area is 156 Å². The third-order valence-electron chi connectivity index (χ3n) is 4.51. The molecule has 0 aliphatic carbocycles. The number of carbonyl (C=O) groups excluding carboxylic acids is 2. The standard InChI is InChI=1S/C19H29N3O2.ClH/c1-19(2,3)16(20)17(23)21-15-10-8-14(9-11-15)18(24)22-12-6-4-5-7-13-22;/h8-11,16H,4-7,12-13,20H2,1-3H3,(H,21,23);1H/t16-;/m1./s1. The van der Waals surface area contributed by atoms with E-state index in [1.165, 1.54) is 12.8 Å². The fraction of sp³-hybridized carbons (Fsp3) is 0.579. The van der Waals surface area contributed by atoms with Crippen LogP contribution in [0.15, 0.2) is 24.3 Å². The Kier molecular flexibility index (Phi) is 7.90. The van der Waals surface area contributed by atoms with Crippen molar-refractivity contribution >= 4 is 29.9 Å². The van der Waals surface area contributed by atoms with Crippen LogP contribution in [0.4, 0.5) is 5.69 Å². The number of likely N-dealkylation sites (tertiary alicyclic amines) is 1. The zero-order valence-corrected chi connectivity index (χ0v) is 16.2. The second-order valence-corrected chi connectivity index (χ2v) is 7.62. The SMILES string of the molecule is CC(C)(C)[C@H](N)C(=O)Nc1ccc(C(=O)N2CCCCCC2)cc1.Cl. The van der Waals surface area contributed by atoms with E-state index < -0.39 is 6.04 Å². The first kappa shape index (κ1) is 21.5. The largest absolute Gasteiger partial charge is 0.339 e. The predicted molar refractivity (Wildman–Crippen MR) is 104 cm³/mol. The molecular weight excluding hydrogens is 338 g/mol. The van der Waals surface area contributed by atoms with Gasteiger partial charge >= 0.3 is 0 Å². The van der Waals surface area contributed by atoms with E-state index in [0.717, 1.165) is 25.9 Å². The number of hydrogen-bond acceptors (Lipinski definition) is 3. The van der Waals surface area contributed by atoms with E-state index >= 15 is 0 Å². The molecule has 140 valence electrons. The van der Waals surface area contributed by atoms with E-state index in [-0.39, 0.29) is 29.6 Å². The number of nitrogens with two attached hydrogens (primary N) is 1. The van der Waals surface area contributed by atoms with Gasteiger partial charge in [0.1, 0.15) is 0 Å². The molecule has 0 unspecified atom stereocenters. The van der Waals surface area contributed by atoms with Gasteiger partial charge in [-0.3, -0.25) is 9.59 Å². The van der Waals surface area contributed by atoms with Crippen molar-refractivity contribution in [2.75, 3.05) is 18.4 Å². The lowest BCUT2D eigenvalue weighted by molar-refractivity contribution is -0.119. The van der Waals surface area contributed by atoms with Crippen molar-refractivity contribution in [1.82, 2.24) is 4.90 Å². The van der Waals surface area contributed by atoms with Crippen molar-refractivity contribution in [1.29, 1.82) is 0 Å². The molecule has 0 radical (unpaired) electrons.